The lowest BCUT2D eigenvalue weighted by atomic mass is 10.3. The van der Waals surface area contributed by atoms with Crippen molar-refractivity contribution in [3.63, 3.8) is 0 Å². The van der Waals surface area contributed by atoms with E-state index in [0.29, 0.717) is 34.7 Å². The Morgan fingerprint density at radius 1 is 1.30 bits per heavy atom. The highest BCUT2D eigenvalue weighted by molar-refractivity contribution is 7.80. The van der Waals surface area contributed by atoms with E-state index in [9.17, 15) is 0 Å². The van der Waals surface area contributed by atoms with Crippen molar-refractivity contribution in [2.24, 2.45) is 0 Å². The van der Waals surface area contributed by atoms with Crippen molar-refractivity contribution >= 4 is 40.4 Å². The molecule has 2 aromatic rings. The van der Waals surface area contributed by atoms with Crippen LogP contribution in [0.1, 0.15) is 5.69 Å². The minimum Gasteiger partial charge on any atom is -0.493 e. The van der Waals surface area contributed by atoms with Crippen LogP contribution in [0.25, 0.3) is 0 Å². The first kappa shape index (κ1) is 17.0. The van der Waals surface area contributed by atoms with Crippen LogP contribution in [-0.4, -0.2) is 29.3 Å². The van der Waals surface area contributed by atoms with Crippen LogP contribution in [0, 0.1) is 0 Å². The summed E-state index contributed by atoms with van der Waals surface area (Å²) in [4.78, 5) is 8.02. The van der Waals surface area contributed by atoms with Crippen LogP contribution in [0.4, 0.5) is 11.5 Å². The van der Waals surface area contributed by atoms with Gasteiger partial charge in [0.1, 0.15) is 16.7 Å². The summed E-state index contributed by atoms with van der Waals surface area (Å²) >= 11 is 11.0. The number of rotatable bonds is 5. The fraction of sp³-hybridized carbons (Fsp3) is 0.214. The lowest BCUT2D eigenvalue weighted by Crippen LogP contribution is -2.28. The van der Waals surface area contributed by atoms with E-state index < -0.39 is 0 Å². The average molecular weight is 354 g/mol. The Morgan fingerprint density at radius 3 is 2.74 bits per heavy atom. The molecular formula is C14H16ClN5O2S. The van der Waals surface area contributed by atoms with Gasteiger partial charge in [-0.2, -0.15) is 0 Å². The van der Waals surface area contributed by atoms with Crippen molar-refractivity contribution in [2.75, 3.05) is 25.3 Å². The van der Waals surface area contributed by atoms with Crippen molar-refractivity contribution in [1.29, 1.82) is 0 Å². The Labute approximate surface area is 144 Å². The fourth-order valence-electron chi connectivity index (χ4n) is 1.80. The number of halogens is 1. The zero-order chi connectivity index (χ0) is 16.8. The largest absolute Gasteiger partial charge is 0.493 e. The molecule has 7 nitrogen and oxygen atoms in total. The third-order valence-corrected chi connectivity index (χ3v) is 3.33. The van der Waals surface area contributed by atoms with Crippen molar-refractivity contribution < 1.29 is 9.47 Å². The van der Waals surface area contributed by atoms with Crippen molar-refractivity contribution in [1.82, 2.24) is 15.3 Å². The Kier molecular flexibility index (Phi) is 5.78. The number of nitrogens with one attached hydrogen (secondary N) is 2. The van der Waals surface area contributed by atoms with Gasteiger partial charge in [-0.25, -0.2) is 9.97 Å². The second-order valence-electron chi connectivity index (χ2n) is 4.40. The summed E-state index contributed by atoms with van der Waals surface area (Å²) in [5.74, 6) is 1.54. The first-order chi connectivity index (χ1) is 11.0. The summed E-state index contributed by atoms with van der Waals surface area (Å²) in [6.07, 6.45) is 1.39. The van der Waals surface area contributed by atoms with Gasteiger partial charge in [-0.15, -0.1) is 0 Å². The molecule has 2 rings (SSSR count). The Hall–Kier alpha value is -2.32. The molecule has 0 aliphatic rings. The predicted octanol–water partition coefficient (Wildman–Crippen LogP) is 2.22. The van der Waals surface area contributed by atoms with Gasteiger partial charge in [0.05, 0.1) is 27.0 Å². The van der Waals surface area contributed by atoms with Crippen molar-refractivity contribution in [3.05, 3.63) is 35.2 Å². The number of thiocarbonyl (C=S) groups is 1. The number of hydrogen-bond donors (Lipinski definition) is 3. The lowest BCUT2D eigenvalue weighted by Gasteiger charge is -2.13. The molecule has 1 aromatic heterocycles. The van der Waals surface area contributed by atoms with Gasteiger partial charge in [0.2, 0.25) is 0 Å². The van der Waals surface area contributed by atoms with Crippen LogP contribution < -0.4 is 25.8 Å². The van der Waals surface area contributed by atoms with Crippen LogP contribution >= 0.6 is 23.8 Å². The van der Waals surface area contributed by atoms with E-state index in [4.69, 9.17) is 39.0 Å². The highest BCUT2D eigenvalue weighted by atomic mass is 35.5. The number of hydrogen-bond acceptors (Lipinski definition) is 6. The molecule has 0 spiro atoms. The van der Waals surface area contributed by atoms with Crippen molar-refractivity contribution in [2.45, 2.75) is 6.54 Å². The number of methoxy groups -OCH3 is 2. The summed E-state index contributed by atoms with van der Waals surface area (Å²) in [5, 5.41) is 6.70. The number of nitrogens with two attached hydrogens (primary N) is 1. The van der Waals surface area contributed by atoms with Crippen LogP contribution in [0.2, 0.25) is 5.15 Å². The first-order valence-corrected chi connectivity index (χ1v) is 7.36. The van der Waals surface area contributed by atoms with Crippen LogP contribution in [0.5, 0.6) is 11.5 Å². The van der Waals surface area contributed by atoms with Crippen LogP contribution in [0.3, 0.4) is 0 Å². The highest BCUT2D eigenvalue weighted by Crippen LogP contribution is 2.29. The smallest absolute Gasteiger partial charge is 0.171 e. The van der Waals surface area contributed by atoms with Gasteiger partial charge in [-0.05, 0) is 24.4 Å². The van der Waals surface area contributed by atoms with E-state index in [0.717, 1.165) is 5.69 Å². The lowest BCUT2D eigenvalue weighted by molar-refractivity contribution is 0.355. The summed E-state index contributed by atoms with van der Waals surface area (Å²) in [7, 11) is 3.15. The number of anilines is 2. The van der Waals surface area contributed by atoms with Gasteiger partial charge in [-0.3, -0.25) is 0 Å². The molecule has 0 saturated carbocycles. The van der Waals surface area contributed by atoms with E-state index in [1.807, 2.05) is 6.07 Å². The molecule has 4 N–H and O–H groups in total. The van der Waals surface area contributed by atoms with E-state index in [1.54, 1.807) is 26.4 Å². The molecule has 1 heterocycles. The zero-order valence-electron chi connectivity index (χ0n) is 12.6. The normalized spacial score (nSPS) is 10.0. The van der Waals surface area contributed by atoms with E-state index in [2.05, 4.69) is 20.6 Å². The summed E-state index contributed by atoms with van der Waals surface area (Å²) < 4.78 is 10.4. The zero-order valence-corrected chi connectivity index (χ0v) is 14.2. The number of aromatic nitrogens is 2. The summed E-state index contributed by atoms with van der Waals surface area (Å²) in [6.45, 7) is 0.304. The number of nitrogen functional groups attached to an aromatic ring is 1. The highest BCUT2D eigenvalue weighted by Gasteiger charge is 2.07. The topological polar surface area (TPSA) is 94.3 Å². The standard InChI is InChI=1S/C14H16ClN5O2S/c1-21-10-4-3-8(5-11(10)22-2)19-14(23)18-6-9-13(16)17-7-12(15)20-9/h3-5,7H,6H2,1-2H3,(H2,16,17)(H2,18,19,23). The van der Waals surface area contributed by atoms with Crippen LogP contribution in [-0.2, 0) is 6.54 Å². The average Bonchev–Trinajstić information content (AvgIpc) is 2.55. The molecule has 0 aliphatic heterocycles. The molecule has 0 fully saturated rings. The monoisotopic (exact) mass is 353 g/mol. The molecule has 9 heteroatoms. The molecule has 0 radical (unpaired) electrons. The molecule has 1 aromatic carbocycles. The molecule has 0 unspecified atom stereocenters. The summed E-state index contributed by atoms with van der Waals surface area (Å²) in [6, 6.07) is 5.38. The molecule has 0 amide bonds. The van der Waals surface area contributed by atoms with Gasteiger partial charge >= 0.3 is 0 Å². The maximum absolute atomic E-state index is 5.79. The van der Waals surface area contributed by atoms with Gasteiger partial charge in [0.15, 0.2) is 16.6 Å². The van der Waals surface area contributed by atoms with Gasteiger partial charge in [0.25, 0.3) is 0 Å². The maximum Gasteiger partial charge on any atom is 0.171 e. The van der Waals surface area contributed by atoms with E-state index >= 15 is 0 Å². The van der Waals surface area contributed by atoms with Gasteiger partial charge in [0, 0.05) is 11.8 Å². The Bertz CT molecular complexity index is 714. The number of nitrogens with zero attached hydrogens (tertiary/aromatic N) is 2. The molecule has 23 heavy (non-hydrogen) atoms. The SMILES string of the molecule is COc1ccc(NC(=S)NCc2nc(Cl)cnc2N)cc1OC. The van der Waals surface area contributed by atoms with Crippen LogP contribution in [0.15, 0.2) is 24.4 Å². The number of benzene rings is 1. The fourth-order valence-corrected chi connectivity index (χ4v) is 2.14. The summed E-state index contributed by atoms with van der Waals surface area (Å²) in [5.41, 5.74) is 7.01. The first-order valence-electron chi connectivity index (χ1n) is 6.57. The third-order valence-electron chi connectivity index (χ3n) is 2.91. The van der Waals surface area contributed by atoms with Gasteiger partial charge < -0.3 is 25.8 Å². The predicted molar refractivity (Wildman–Crippen MR) is 94.1 cm³/mol. The van der Waals surface area contributed by atoms with Gasteiger partial charge in [-0.1, -0.05) is 11.6 Å². The second kappa shape index (κ2) is 7.80. The molecule has 0 bridgehead atoms. The van der Waals surface area contributed by atoms with Crippen molar-refractivity contribution in [3.8, 4) is 11.5 Å². The Morgan fingerprint density at radius 2 is 2.04 bits per heavy atom. The third kappa shape index (κ3) is 4.57. The molecule has 122 valence electrons. The molecule has 0 aliphatic carbocycles. The Balaban J connectivity index is 1.98. The molecule has 0 saturated heterocycles. The molecule has 0 atom stereocenters. The molecular weight excluding hydrogens is 338 g/mol. The van der Waals surface area contributed by atoms with E-state index in [-0.39, 0.29) is 5.15 Å². The van der Waals surface area contributed by atoms with E-state index in [1.165, 1.54) is 6.20 Å². The quantitative estimate of drug-likeness (QED) is 0.704. The maximum atomic E-state index is 5.79. The minimum atomic E-state index is 0.273. The second-order valence-corrected chi connectivity index (χ2v) is 5.20. The minimum absolute atomic E-state index is 0.273. The number of ether oxygens (including phenoxy) is 2.